The van der Waals surface area contributed by atoms with Crippen molar-refractivity contribution in [3.05, 3.63) is 0 Å². The van der Waals surface area contributed by atoms with Gasteiger partial charge < -0.3 is 11.5 Å². The summed E-state index contributed by atoms with van der Waals surface area (Å²) in [6.07, 6.45) is 18.0. The van der Waals surface area contributed by atoms with Crippen LogP contribution >= 0.6 is 0 Å². The lowest BCUT2D eigenvalue weighted by atomic mass is 10.0. The number of hydrogen-bond donors (Lipinski definition) is 2. The van der Waals surface area contributed by atoms with E-state index >= 15 is 0 Å². The molecule has 0 aliphatic heterocycles. The molecule has 0 radical (unpaired) electrons. The van der Waals surface area contributed by atoms with Crippen molar-refractivity contribution in [3.63, 3.8) is 0 Å². The maximum absolute atomic E-state index is 5.79. The molecule has 2 heteroatoms. The highest BCUT2D eigenvalue weighted by Crippen LogP contribution is 2.14. The van der Waals surface area contributed by atoms with Crippen LogP contribution in [0.25, 0.3) is 0 Å². The molecule has 0 aliphatic carbocycles. The molecule has 2 nitrogen and oxygen atoms in total. The first kappa shape index (κ1) is 19.9. The zero-order valence-electron chi connectivity index (χ0n) is 14.2. The van der Waals surface area contributed by atoms with E-state index in [2.05, 4.69) is 13.8 Å². The summed E-state index contributed by atoms with van der Waals surface area (Å²) >= 11 is 0. The third-order valence-electron chi connectivity index (χ3n) is 4.16. The van der Waals surface area contributed by atoms with E-state index in [1.54, 1.807) is 0 Å². The van der Waals surface area contributed by atoms with Crippen LogP contribution in [0.4, 0.5) is 0 Å². The van der Waals surface area contributed by atoms with Gasteiger partial charge in [-0.15, -0.1) is 0 Å². The average molecular weight is 285 g/mol. The largest absolute Gasteiger partial charge is 0.329 e. The van der Waals surface area contributed by atoms with E-state index < -0.39 is 0 Å². The topological polar surface area (TPSA) is 52.0 Å². The molecule has 0 rings (SSSR count). The smallest absolute Gasteiger partial charge is 0.0163 e. The molecule has 0 aliphatic rings. The van der Waals surface area contributed by atoms with Gasteiger partial charge in [0.2, 0.25) is 0 Å². The second-order valence-electron chi connectivity index (χ2n) is 6.86. The molecule has 0 saturated heterocycles. The van der Waals surface area contributed by atoms with Crippen molar-refractivity contribution in [3.8, 4) is 0 Å². The lowest BCUT2D eigenvalue weighted by Gasteiger charge is -2.07. The van der Waals surface area contributed by atoms with Crippen molar-refractivity contribution in [2.24, 2.45) is 17.4 Å². The van der Waals surface area contributed by atoms with Crippen LogP contribution in [0.3, 0.4) is 0 Å². The maximum Gasteiger partial charge on any atom is 0.0163 e. The molecule has 0 heterocycles. The van der Waals surface area contributed by atoms with E-state index in [1.807, 2.05) is 0 Å². The first-order valence-corrected chi connectivity index (χ1v) is 9.12. The molecule has 122 valence electrons. The zero-order chi connectivity index (χ0) is 15.1. The van der Waals surface area contributed by atoms with Crippen LogP contribution in [-0.4, -0.2) is 12.6 Å². The summed E-state index contributed by atoms with van der Waals surface area (Å²) in [7, 11) is 0. The van der Waals surface area contributed by atoms with Crippen molar-refractivity contribution < 1.29 is 0 Å². The molecule has 0 amide bonds. The van der Waals surface area contributed by atoms with Gasteiger partial charge in [0.15, 0.2) is 0 Å². The minimum atomic E-state index is 0.227. The lowest BCUT2D eigenvalue weighted by molar-refractivity contribution is 0.500. The van der Waals surface area contributed by atoms with Crippen LogP contribution in [0, 0.1) is 5.92 Å². The van der Waals surface area contributed by atoms with E-state index in [9.17, 15) is 0 Å². The van der Waals surface area contributed by atoms with Gasteiger partial charge in [0.1, 0.15) is 0 Å². The van der Waals surface area contributed by atoms with Crippen molar-refractivity contribution >= 4 is 0 Å². The first-order chi connectivity index (χ1) is 9.66. The van der Waals surface area contributed by atoms with Crippen molar-refractivity contribution in [1.29, 1.82) is 0 Å². The lowest BCUT2D eigenvalue weighted by Crippen LogP contribution is -2.29. The normalized spacial score (nSPS) is 13.1. The summed E-state index contributed by atoms with van der Waals surface area (Å²) in [5, 5.41) is 0. The number of hydrogen-bond acceptors (Lipinski definition) is 2. The monoisotopic (exact) mass is 284 g/mol. The average Bonchev–Trinajstić information content (AvgIpc) is 2.43. The Bertz CT molecular complexity index is 180. The Kier molecular flexibility index (Phi) is 15.3. The standard InChI is InChI=1S/C18H40N2/c1-17(2)14-12-10-8-6-4-3-5-7-9-11-13-15-18(20)16-19/h17-18H,3-16,19-20H2,1-2H3. The summed E-state index contributed by atoms with van der Waals surface area (Å²) in [6.45, 7) is 5.28. The predicted octanol–water partition coefficient (Wildman–Crippen LogP) is 5.00. The van der Waals surface area contributed by atoms with E-state index in [1.165, 1.54) is 77.0 Å². The minimum Gasteiger partial charge on any atom is -0.329 e. The Balaban J connectivity index is 2.99. The fourth-order valence-corrected chi connectivity index (χ4v) is 2.67. The van der Waals surface area contributed by atoms with Crippen LogP contribution in [0.2, 0.25) is 0 Å². The van der Waals surface area contributed by atoms with Crippen molar-refractivity contribution in [2.45, 2.75) is 103 Å². The van der Waals surface area contributed by atoms with Gasteiger partial charge >= 0.3 is 0 Å². The van der Waals surface area contributed by atoms with E-state index in [4.69, 9.17) is 11.5 Å². The third-order valence-corrected chi connectivity index (χ3v) is 4.16. The van der Waals surface area contributed by atoms with Crippen LogP contribution in [-0.2, 0) is 0 Å². The highest BCUT2D eigenvalue weighted by Gasteiger charge is 1.99. The first-order valence-electron chi connectivity index (χ1n) is 9.12. The predicted molar refractivity (Wildman–Crippen MR) is 91.9 cm³/mol. The quantitative estimate of drug-likeness (QED) is 0.416. The number of rotatable bonds is 15. The van der Waals surface area contributed by atoms with Gasteiger partial charge in [-0.2, -0.15) is 0 Å². The third kappa shape index (κ3) is 16.0. The molecule has 4 N–H and O–H groups in total. The zero-order valence-corrected chi connectivity index (χ0v) is 14.2. The van der Waals surface area contributed by atoms with E-state index in [-0.39, 0.29) is 6.04 Å². The summed E-state index contributed by atoms with van der Waals surface area (Å²) in [6, 6.07) is 0.227. The van der Waals surface area contributed by atoms with E-state index in [0.29, 0.717) is 6.54 Å². The summed E-state index contributed by atoms with van der Waals surface area (Å²) in [5.41, 5.74) is 11.3. The Morgan fingerprint density at radius 2 is 0.950 bits per heavy atom. The Labute approximate surface area is 128 Å². The number of unbranched alkanes of at least 4 members (excludes halogenated alkanes) is 10. The molecule has 0 aromatic heterocycles. The summed E-state index contributed by atoms with van der Waals surface area (Å²) in [5.74, 6) is 0.884. The molecule has 0 aromatic carbocycles. The second kappa shape index (κ2) is 15.3. The van der Waals surface area contributed by atoms with Gasteiger partial charge in [-0.25, -0.2) is 0 Å². The highest BCUT2D eigenvalue weighted by atomic mass is 14.7. The summed E-state index contributed by atoms with van der Waals surface area (Å²) < 4.78 is 0. The number of nitrogens with two attached hydrogens (primary N) is 2. The van der Waals surface area contributed by atoms with Gasteiger partial charge in [-0.3, -0.25) is 0 Å². The molecule has 1 unspecified atom stereocenters. The van der Waals surface area contributed by atoms with Gasteiger partial charge in [-0.1, -0.05) is 90.9 Å². The van der Waals surface area contributed by atoms with Gasteiger partial charge in [0, 0.05) is 12.6 Å². The maximum atomic E-state index is 5.79. The SMILES string of the molecule is CC(C)CCCCCCCCCCCCCC(N)CN. The van der Waals surface area contributed by atoms with Crippen LogP contribution in [0.15, 0.2) is 0 Å². The molecular weight excluding hydrogens is 244 g/mol. The Morgan fingerprint density at radius 1 is 0.600 bits per heavy atom. The van der Waals surface area contributed by atoms with Crippen LogP contribution in [0.1, 0.15) is 97.3 Å². The fraction of sp³-hybridized carbons (Fsp3) is 1.00. The molecule has 0 aromatic rings. The molecular formula is C18H40N2. The minimum absolute atomic E-state index is 0.227. The van der Waals surface area contributed by atoms with Gasteiger partial charge in [0.05, 0.1) is 0 Å². The molecule has 20 heavy (non-hydrogen) atoms. The second-order valence-corrected chi connectivity index (χ2v) is 6.86. The molecule has 0 bridgehead atoms. The molecule has 0 fully saturated rings. The summed E-state index contributed by atoms with van der Waals surface area (Å²) in [4.78, 5) is 0. The highest BCUT2D eigenvalue weighted by molar-refractivity contribution is 4.61. The Morgan fingerprint density at radius 3 is 1.30 bits per heavy atom. The Hall–Kier alpha value is -0.0800. The van der Waals surface area contributed by atoms with Crippen LogP contribution in [0.5, 0.6) is 0 Å². The van der Waals surface area contributed by atoms with Gasteiger partial charge in [0.25, 0.3) is 0 Å². The molecule has 0 saturated carbocycles. The van der Waals surface area contributed by atoms with Gasteiger partial charge in [-0.05, 0) is 12.3 Å². The fourth-order valence-electron chi connectivity index (χ4n) is 2.67. The molecule has 1 atom stereocenters. The van der Waals surface area contributed by atoms with Crippen molar-refractivity contribution in [2.75, 3.05) is 6.54 Å². The van der Waals surface area contributed by atoms with Crippen molar-refractivity contribution in [1.82, 2.24) is 0 Å². The van der Waals surface area contributed by atoms with E-state index in [0.717, 1.165) is 12.3 Å². The molecule has 0 spiro atoms. The van der Waals surface area contributed by atoms with Crippen LogP contribution < -0.4 is 11.5 Å².